The second-order valence-electron chi connectivity index (χ2n) is 4.66. The maximum atomic E-state index is 11.7. The average molecular weight is 268 g/mol. The minimum Gasteiger partial charge on any atom is -0.481 e. The van der Waals surface area contributed by atoms with Crippen LogP contribution in [-0.4, -0.2) is 38.7 Å². The molecule has 0 bridgehead atoms. The molecule has 0 aliphatic heterocycles. The predicted octanol–water partition coefficient (Wildman–Crippen LogP) is 1.30. The lowest BCUT2D eigenvalue weighted by molar-refractivity contribution is -0.137. The number of nitrogens with one attached hydrogen (secondary N) is 2. The molecule has 0 radical (unpaired) electrons. The Balaban J connectivity index is 2.22. The molecule has 1 rings (SSSR count). The molecule has 0 aliphatic rings. The van der Waals surface area contributed by atoms with Crippen molar-refractivity contribution in [1.29, 1.82) is 0 Å². The largest absolute Gasteiger partial charge is 0.481 e. The minimum absolute atomic E-state index is 0.147. The van der Waals surface area contributed by atoms with Gasteiger partial charge in [-0.15, -0.1) is 5.10 Å². The summed E-state index contributed by atoms with van der Waals surface area (Å²) in [7, 11) is 0. The van der Waals surface area contributed by atoms with Crippen LogP contribution in [0.2, 0.25) is 0 Å². The molecule has 0 unspecified atom stereocenters. The average Bonchev–Trinajstić information content (AvgIpc) is 2.82. The number of carboxylic acids is 1. The van der Waals surface area contributed by atoms with Crippen molar-refractivity contribution in [3.63, 3.8) is 0 Å². The molecule has 7 nitrogen and oxygen atoms in total. The number of H-pyrrole nitrogens is 1. The number of hydrogen-bond acceptors (Lipinski definition) is 4. The van der Waals surface area contributed by atoms with Crippen LogP contribution in [0.5, 0.6) is 0 Å². The van der Waals surface area contributed by atoms with Crippen LogP contribution in [0.15, 0.2) is 0 Å². The van der Waals surface area contributed by atoms with Crippen molar-refractivity contribution in [2.75, 3.05) is 6.54 Å². The molecule has 1 aromatic rings. The summed E-state index contributed by atoms with van der Waals surface area (Å²) in [5.41, 5.74) is 0. The topological polar surface area (TPSA) is 108 Å². The van der Waals surface area contributed by atoms with Crippen LogP contribution in [0.3, 0.4) is 0 Å². The highest BCUT2D eigenvalue weighted by Crippen LogP contribution is 2.07. The molecule has 19 heavy (non-hydrogen) atoms. The normalized spacial score (nSPS) is 10.7. The molecule has 7 heteroatoms. The van der Waals surface area contributed by atoms with Gasteiger partial charge in [0.2, 0.25) is 5.82 Å². The number of aromatic amines is 1. The van der Waals surface area contributed by atoms with E-state index in [1.807, 2.05) is 13.8 Å². The van der Waals surface area contributed by atoms with Crippen molar-refractivity contribution < 1.29 is 14.7 Å². The lowest BCUT2D eigenvalue weighted by atomic mass is 10.2. The third-order valence-corrected chi connectivity index (χ3v) is 2.61. The lowest BCUT2D eigenvalue weighted by Gasteiger charge is -2.01. The molecule has 0 spiro atoms. The Labute approximate surface area is 111 Å². The fourth-order valence-electron chi connectivity index (χ4n) is 1.49. The number of aromatic nitrogens is 3. The molecule has 0 aromatic carbocycles. The van der Waals surface area contributed by atoms with Crippen LogP contribution in [0.4, 0.5) is 0 Å². The van der Waals surface area contributed by atoms with Gasteiger partial charge in [0.1, 0.15) is 5.82 Å². The molecule has 0 saturated carbocycles. The fraction of sp³-hybridized carbons (Fsp3) is 0.667. The van der Waals surface area contributed by atoms with E-state index in [0.717, 1.165) is 12.8 Å². The van der Waals surface area contributed by atoms with E-state index in [1.165, 1.54) is 0 Å². The first-order valence-corrected chi connectivity index (χ1v) is 6.43. The summed E-state index contributed by atoms with van der Waals surface area (Å²) < 4.78 is 0. The van der Waals surface area contributed by atoms with Gasteiger partial charge in [-0.3, -0.25) is 14.7 Å². The molecule has 106 valence electrons. The zero-order valence-corrected chi connectivity index (χ0v) is 11.3. The fourth-order valence-corrected chi connectivity index (χ4v) is 1.49. The van der Waals surface area contributed by atoms with Crippen molar-refractivity contribution in [2.24, 2.45) is 0 Å². The van der Waals surface area contributed by atoms with Crippen molar-refractivity contribution in [1.82, 2.24) is 20.5 Å². The molecule has 0 atom stereocenters. The Bertz CT molecular complexity index is 428. The van der Waals surface area contributed by atoms with Crippen molar-refractivity contribution in [3.05, 3.63) is 11.6 Å². The molecular weight excluding hydrogens is 248 g/mol. The summed E-state index contributed by atoms with van der Waals surface area (Å²) >= 11 is 0. The monoisotopic (exact) mass is 268 g/mol. The van der Waals surface area contributed by atoms with E-state index in [1.54, 1.807) is 0 Å². The van der Waals surface area contributed by atoms with Crippen molar-refractivity contribution >= 4 is 11.9 Å². The lowest BCUT2D eigenvalue weighted by Crippen LogP contribution is -2.25. The second-order valence-corrected chi connectivity index (χ2v) is 4.66. The molecular formula is C12H20N4O3. The van der Waals surface area contributed by atoms with Crippen molar-refractivity contribution in [3.8, 4) is 0 Å². The van der Waals surface area contributed by atoms with Crippen LogP contribution < -0.4 is 5.32 Å². The number of aliphatic carboxylic acids is 1. The smallest absolute Gasteiger partial charge is 0.303 e. The standard InChI is InChI=1S/C12H20N4O3/c1-8(2)10-14-11(16-15-10)12(19)13-7-5-3-4-6-9(17)18/h8H,3-7H2,1-2H3,(H,13,19)(H,17,18)(H,14,15,16). The predicted molar refractivity (Wildman–Crippen MR) is 68.9 cm³/mol. The van der Waals surface area contributed by atoms with Gasteiger partial charge in [-0.1, -0.05) is 20.3 Å². The number of unbranched alkanes of at least 4 members (excludes halogenated alkanes) is 2. The molecule has 3 N–H and O–H groups in total. The molecule has 0 saturated heterocycles. The van der Waals surface area contributed by atoms with E-state index >= 15 is 0 Å². The number of carboxylic acid groups (broad SMARTS) is 1. The SMILES string of the molecule is CC(C)c1nc(C(=O)NCCCCCC(=O)O)n[nH]1. The minimum atomic E-state index is -0.786. The van der Waals surface area contributed by atoms with Crippen LogP contribution in [0.1, 0.15) is 61.9 Å². The van der Waals surface area contributed by atoms with Gasteiger partial charge in [0.25, 0.3) is 5.91 Å². The Kier molecular flexibility index (Phi) is 5.98. The summed E-state index contributed by atoms with van der Waals surface area (Å²) in [6.45, 7) is 4.43. The highest BCUT2D eigenvalue weighted by molar-refractivity contribution is 5.90. The maximum absolute atomic E-state index is 11.7. The van der Waals surface area contributed by atoms with Crippen LogP contribution in [0.25, 0.3) is 0 Å². The van der Waals surface area contributed by atoms with Gasteiger partial charge in [0.05, 0.1) is 0 Å². The third kappa shape index (κ3) is 5.50. The van der Waals surface area contributed by atoms with Crippen LogP contribution >= 0.6 is 0 Å². The summed E-state index contributed by atoms with van der Waals surface area (Å²) in [6, 6.07) is 0. The van der Waals surface area contributed by atoms with E-state index in [9.17, 15) is 9.59 Å². The quantitative estimate of drug-likeness (QED) is 0.616. The van der Waals surface area contributed by atoms with Gasteiger partial charge in [-0.2, -0.15) is 0 Å². The zero-order valence-electron chi connectivity index (χ0n) is 11.3. The van der Waals surface area contributed by atoms with Gasteiger partial charge in [0, 0.05) is 18.9 Å². The number of amides is 1. The summed E-state index contributed by atoms with van der Waals surface area (Å²) in [4.78, 5) is 26.1. The van der Waals surface area contributed by atoms with Crippen LogP contribution in [0, 0.1) is 0 Å². The maximum Gasteiger partial charge on any atom is 0.303 e. The number of carbonyl (C=O) groups excluding carboxylic acids is 1. The zero-order chi connectivity index (χ0) is 14.3. The molecule has 1 aromatic heterocycles. The molecule has 1 heterocycles. The first-order chi connectivity index (χ1) is 9.00. The summed E-state index contributed by atoms with van der Waals surface area (Å²) in [5, 5.41) is 17.7. The number of nitrogens with zero attached hydrogens (tertiary/aromatic N) is 2. The van der Waals surface area contributed by atoms with Crippen LogP contribution in [-0.2, 0) is 4.79 Å². The van der Waals surface area contributed by atoms with E-state index < -0.39 is 5.97 Å². The molecule has 0 aliphatic carbocycles. The first kappa shape index (κ1) is 15.1. The molecule has 1 amide bonds. The van der Waals surface area contributed by atoms with Gasteiger partial charge in [-0.25, -0.2) is 4.98 Å². The van der Waals surface area contributed by atoms with Crippen molar-refractivity contribution in [2.45, 2.75) is 45.4 Å². The van der Waals surface area contributed by atoms with Gasteiger partial charge in [-0.05, 0) is 12.8 Å². The Hall–Kier alpha value is -1.92. The van der Waals surface area contributed by atoms with E-state index in [4.69, 9.17) is 5.11 Å². The number of rotatable bonds is 8. The third-order valence-electron chi connectivity index (χ3n) is 2.61. The van der Waals surface area contributed by atoms with E-state index in [2.05, 4.69) is 20.5 Å². The van der Waals surface area contributed by atoms with Gasteiger partial charge in [0.15, 0.2) is 0 Å². The highest BCUT2D eigenvalue weighted by atomic mass is 16.4. The number of carbonyl (C=O) groups is 2. The molecule has 0 fully saturated rings. The Morgan fingerprint density at radius 1 is 1.32 bits per heavy atom. The van der Waals surface area contributed by atoms with Gasteiger partial charge >= 0.3 is 5.97 Å². The summed E-state index contributed by atoms with van der Waals surface area (Å²) in [5.74, 6) is -0.0572. The van der Waals surface area contributed by atoms with E-state index in [-0.39, 0.29) is 24.1 Å². The van der Waals surface area contributed by atoms with E-state index in [0.29, 0.717) is 18.8 Å². The Morgan fingerprint density at radius 3 is 2.63 bits per heavy atom. The first-order valence-electron chi connectivity index (χ1n) is 6.43. The summed E-state index contributed by atoms with van der Waals surface area (Å²) in [6.07, 6.45) is 2.33. The Morgan fingerprint density at radius 2 is 2.05 bits per heavy atom. The highest BCUT2D eigenvalue weighted by Gasteiger charge is 2.13. The second kappa shape index (κ2) is 7.50. The number of hydrogen-bond donors (Lipinski definition) is 3. The van der Waals surface area contributed by atoms with Gasteiger partial charge < -0.3 is 10.4 Å².